The SMILES string of the molecule is Cc1cc(C(=O)N2Cc3ccccc3C3(CCN(C4CC5CCC(C4)N5C(=O)O)CC3)C2)n[nH]1. The zero-order valence-corrected chi connectivity index (χ0v) is 19.7. The molecule has 2 unspecified atom stereocenters. The number of likely N-dealkylation sites (tertiary alicyclic amines) is 1. The summed E-state index contributed by atoms with van der Waals surface area (Å²) >= 11 is 0. The Kier molecular flexibility index (Phi) is 5.17. The fraction of sp³-hybridized carbons (Fsp3) is 0.577. The van der Waals surface area contributed by atoms with Gasteiger partial charge in [-0.05, 0) is 75.7 Å². The summed E-state index contributed by atoms with van der Waals surface area (Å²) in [5.74, 6) is -0.00160. The van der Waals surface area contributed by atoms with E-state index in [0.29, 0.717) is 18.3 Å². The van der Waals surface area contributed by atoms with Gasteiger partial charge in [0.15, 0.2) is 0 Å². The largest absolute Gasteiger partial charge is 0.465 e. The molecule has 5 heterocycles. The number of fused-ring (bicyclic) bond motifs is 4. The van der Waals surface area contributed by atoms with E-state index in [1.54, 1.807) is 4.90 Å². The topological polar surface area (TPSA) is 92.8 Å². The lowest BCUT2D eigenvalue weighted by molar-refractivity contribution is 0.0256. The van der Waals surface area contributed by atoms with Gasteiger partial charge >= 0.3 is 6.09 Å². The highest BCUT2D eigenvalue weighted by Gasteiger charge is 2.48. The maximum Gasteiger partial charge on any atom is 0.407 e. The minimum absolute atomic E-state index is 0.00160. The Morgan fingerprint density at radius 2 is 1.79 bits per heavy atom. The maximum atomic E-state index is 13.3. The van der Waals surface area contributed by atoms with E-state index in [4.69, 9.17) is 0 Å². The number of carbonyl (C=O) groups is 2. The number of rotatable bonds is 2. The molecule has 2 atom stereocenters. The molecule has 2 bridgehead atoms. The van der Waals surface area contributed by atoms with Crippen LogP contribution >= 0.6 is 0 Å². The normalized spacial score (nSPS) is 28.2. The number of benzene rings is 1. The number of H-pyrrole nitrogens is 1. The molecule has 3 saturated heterocycles. The summed E-state index contributed by atoms with van der Waals surface area (Å²) in [6.07, 6.45) is 5.19. The average molecular weight is 464 g/mol. The van der Waals surface area contributed by atoms with E-state index in [-0.39, 0.29) is 23.4 Å². The van der Waals surface area contributed by atoms with Gasteiger partial charge < -0.3 is 19.8 Å². The van der Waals surface area contributed by atoms with Gasteiger partial charge in [-0.2, -0.15) is 5.10 Å². The number of amides is 2. The van der Waals surface area contributed by atoms with Crippen LogP contribution in [0.2, 0.25) is 0 Å². The fourth-order valence-electron chi connectivity index (χ4n) is 7.22. The number of nitrogens with one attached hydrogen (secondary N) is 1. The highest BCUT2D eigenvalue weighted by atomic mass is 16.4. The fourth-order valence-corrected chi connectivity index (χ4v) is 7.22. The van der Waals surface area contributed by atoms with E-state index in [9.17, 15) is 14.7 Å². The second kappa shape index (κ2) is 8.12. The number of aromatic amines is 1. The van der Waals surface area contributed by atoms with Crippen LogP contribution in [0.15, 0.2) is 30.3 Å². The molecule has 6 rings (SSSR count). The van der Waals surface area contributed by atoms with Crippen LogP contribution in [0.5, 0.6) is 0 Å². The molecule has 2 N–H and O–H groups in total. The molecule has 0 radical (unpaired) electrons. The lowest BCUT2D eigenvalue weighted by Crippen LogP contribution is -2.57. The third-order valence-corrected chi connectivity index (χ3v) is 8.86. The maximum absolute atomic E-state index is 13.3. The van der Waals surface area contributed by atoms with E-state index in [0.717, 1.165) is 63.9 Å². The lowest BCUT2D eigenvalue weighted by Gasteiger charge is -2.51. The summed E-state index contributed by atoms with van der Waals surface area (Å²) in [5, 5.41) is 16.7. The van der Waals surface area contributed by atoms with Crippen molar-refractivity contribution >= 4 is 12.0 Å². The van der Waals surface area contributed by atoms with Gasteiger partial charge in [0.25, 0.3) is 5.91 Å². The average Bonchev–Trinajstić information content (AvgIpc) is 3.39. The number of carboxylic acid groups (broad SMARTS) is 1. The number of hydrogen-bond acceptors (Lipinski definition) is 4. The number of aromatic nitrogens is 2. The third-order valence-electron chi connectivity index (χ3n) is 8.86. The molecule has 1 aromatic heterocycles. The van der Waals surface area contributed by atoms with Gasteiger partial charge in [-0.1, -0.05) is 24.3 Å². The van der Waals surface area contributed by atoms with Crippen molar-refractivity contribution in [1.82, 2.24) is 24.9 Å². The predicted molar refractivity (Wildman–Crippen MR) is 127 cm³/mol. The summed E-state index contributed by atoms with van der Waals surface area (Å²) < 4.78 is 0. The summed E-state index contributed by atoms with van der Waals surface area (Å²) in [6.45, 7) is 5.26. The Morgan fingerprint density at radius 3 is 2.44 bits per heavy atom. The monoisotopic (exact) mass is 463 g/mol. The molecule has 2 amide bonds. The quantitative estimate of drug-likeness (QED) is 0.712. The first-order valence-electron chi connectivity index (χ1n) is 12.6. The number of nitrogens with zero attached hydrogens (tertiary/aromatic N) is 4. The van der Waals surface area contributed by atoms with Crippen molar-refractivity contribution < 1.29 is 14.7 Å². The summed E-state index contributed by atoms with van der Waals surface area (Å²) in [5.41, 5.74) is 4.00. The van der Waals surface area contributed by atoms with Gasteiger partial charge in [-0.15, -0.1) is 0 Å². The number of aryl methyl sites for hydroxylation is 1. The zero-order chi connectivity index (χ0) is 23.4. The summed E-state index contributed by atoms with van der Waals surface area (Å²) in [6, 6.07) is 11.3. The van der Waals surface area contributed by atoms with Gasteiger partial charge in [0.05, 0.1) is 0 Å². The van der Waals surface area contributed by atoms with Crippen LogP contribution in [0.25, 0.3) is 0 Å². The van der Waals surface area contributed by atoms with Crippen molar-refractivity contribution in [3.05, 3.63) is 52.8 Å². The standard InChI is InChI=1S/C26H33N5O3/c1-17-12-23(28-27-17)24(32)30-15-18-4-2-3-5-22(18)26(16-30)8-10-29(11-9-26)21-13-19-6-7-20(14-21)31(19)25(33)34/h2-5,12,19-21H,6-11,13-16H2,1H3,(H,27,28)(H,33,34). The van der Waals surface area contributed by atoms with Crippen LogP contribution < -0.4 is 0 Å². The summed E-state index contributed by atoms with van der Waals surface area (Å²) in [4.78, 5) is 31.3. The molecule has 34 heavy (non-hydrogen) atoms. The molecule has 180 valence electrons. The zero-order valence-electron chi connectivity index (χ0n) is 19.7. The second-order valence-electron chi connectivity index (χ2n) is 10.8. The predicted octanol–water partition coefficient (Wildman–Crippen LogP) is 3.38. The van der Waals surface area contributed by atoms with Crippen LogP contribution in [-0.4, -0.2) is 79.8 Å². The van der Waals surface area contributed by atoms with Crippen LogP contribution in [0.1, 0.15) is 65.8 Å². The highest BCUT2D eigenvalue weighted by molar-refractivity contribution is 5.92. The molecule has 4 aliphatic rings. The Bertz CT molecular complexity index is 1090. The van der Waals surface area contributed by atoms with Crippen LogP contribution in [-0.2, 0) is 12.0 Å². The molecule has 1 aromatic carbocycles. The Balaban J connectivity index is 1.20. The number of carbonyl (C=O) groups excluding carboxylic acids is 1. The van der Waals surface area contributed by atoms with Crippen molar-refractivity contribution in [2.75, 3.05) is 19.6 Å². The first-order valence-corrected chi connectivity index (χ1v) is 12.6. The Labute approximate surface area is 199 Å². The third kappa shape index (κ3) is 3.50. The minimum atomic E-state index is -0.751. The van der Waals surface area contributed by atoms with Crippen LogP contribution in [0.3, 0.4) is 0 Å². The Morgan fingerprint density at radius 1 is 1.09 bits per heavy atom. The van der Waals surface area contributed by atoms with E-state index in [1.165, 1.54) is 11.1 Å². The van der Waals surface area contributed by atoms with Crippen molar-refractivity contribution in [2.24, 2.45) is 0 Å². The van der Waals surface area contributed by atoms with Crippen molar-refractivity contribution in [3.8, 4) is 0 Å². The smallest absolute Gasteiger partial charge is 0.407 e. The van der Waals surface area contributed by atoms with Gasteiger partial charge in [0.2, 0.25) is 0 Å². The molecule has 8 nitrogen and oxygen atoms in total. The molecule has 0 saturated carbocycles. The van der Waals surface area contributed by atoms with E-state index in [2.05, 4.69) is 39.4 Å². The molecule has 2 aromatic rings. The molecular weight excluding hydrogens is 430 g/mol. The Hall–Kier alpha value is -2.87. The van der Waals surface area contributed by atoms with Crippen molar-refractivity contribution in [2.45, 2.75) is 75.5 Å². The van der Waals surface area contributed by atoms with Crippen molar-refractivity contribution in [3.63, 3.8) is 0 Å². The van der Waals surface area contributed by atoms with E-state index < -0.39 is 6.09 Å². The van der Waals surface area contributed by atoms with Crippen LogP contribution in [0, 0.1) is 6.92 Å². The van der Waals surface area contributed by atoms with Gasteiger partial charge in [0, 0.05) is 42.3 Å². The minimum Gasteiger partial charge on any atom is -0.465 e. The molecule has 1 spiro atoms. The lowest BCUT2D eigenvalue weighted by atomic mass is 9.68. The van der Waals surface area contributed by atoms with E-state index in [1.807, 2.05) is 17.9 Å². The van der Waals surface area contributed by atoms with E-state index >= 15 is 0 Å². The van der Waals surface area contributed by atoms with Gasteiger partial charge in [0.1, 0.15) is 5.69 Å². The molecule has 4 aliphatic heterocycles. The second-order valence-corrected chi connectivity index (χ2v) is 10.8. The first kappa shape index (κ1) is 21.6. The molecule has 3 fully saturated rings. The van der Waals surface area contributed by atoms with Crippen LogP contribution in [0.4, 0.5) is 4.79 Å². The molecule has 0 aliphatic carbocycles. The molecule has 8 heteroatoms. The number of piperidine rings is 2. The number of hydrogen-bond donors (Lipinski definition) is 2. The van der Waals surface area contributed by atoms with Gasteiger partial charge in [-0.25, -0.2) is 4.79 Å². The molecular formula is C26H33N5O3. The highest BCUT2D eigenvalue weighted by Crippen LogP contribution is 2.44. The van der Waals surface area contributed by atoms with Gasteiger partial charge in [-0.3, -0.25) is 9.89 Å². The van der Waals surface area contributed by atoms with Crippen molar-refractivity contribution in [1.29, 1.82) is 0 Å². The summed E-state index contributed by atoms with van der Waals surface area (Å²) in [7, 11) is 0. The first-order chi connectivity index (χ1) is 16.4.